The lowest BCUT2D eigenvalue weighted by atomic mass is 10.3. The van der Waals surface area contributed by atoms with Gasteiger partial charge in [-0.25, -0.2) is 4.79 Å². The maximum atomic E-state index is 11.2. The quantitative estimate of drug-likeness (QED) is 0.496. The molecule has 0 unspecified atom stereocenters. The maximum absolute atomic E-state index is 11.2. The molecule has 0 bridgehead atoms. The van der Waals surface area contributed by atoms with E-state index >= 15 is 0 Å². The highest BCUT2D eigenvalue weighted by molar-refractivity contribution is 7.99. The second-order valence-corrected chi connectivity index (χ2v) is 3.70. The van der Waals surface area contributed by atoms with E-state index < -0.39 is 0 Å². The van der Waals surface area contributed by atoms with Gasteiger partial charge in [0.05, 0.1) is 10.6 Å². The van der Waals surface area contributed by atoms with Crippen LogP contribution in [-0.4, -0.2) is 21.6 Å². The van der Waals surface area contributed by atoms with Gasteiger partial charge in [0.15, 0.2) is 6.29 Å². The molecule has 2 rings (SSSR count). The van der Waals surface area contributed by atoms with Gasteiger partial charge < -0.3 is 5.73 Å². The van der Waals surface area contributed by atoms with Crippen LogP contribution in [0.15, 0.2) is 9.82 Å². The number of thioether (sulfide) groups is 1. The second kappa shape index (κ2) is 2.88. The van der Waals surface area contributed by atoms with Crippen LogP contribution in [0.2, 0.25) is 0 Å². The van der Waals surface area contributed by atoms with Crippen LogP contribution in [0.1, 0.15) is 10.4 Å². The highest BCUT2D eigenvalue weighted by Gasteiger charge is 2.19. The Kier molecular flexibility index (Phi) is 1.84. The lowest BCUT2D eigenvalue weighted by molar-refractivity contribution is 0.112. The van der Waals surface area contributed by atoms with E-state index in [4.69, 9.17) is 5.73 Å². The fourth-order valence-corrected chi connectivity index (χ4v) is 2.36. The zero-order chi connectivity index (χ0) is 9.42. The van der Waals surface area contributed by atoms with Gasteiger partial charge in [-0.2, -0.15) is 4.98 Å². The first-order valence-electron chi connectivity index (χ1n) is 3.72. The summed E-state index contributed by atoms with van der Waals surface area (Å²) < 4.78 is 1.48. The molecule has 0 amide bonds. The highest BCUT2D eigenvalue weighted by Crippen LogP contribution is 2.27. The van der Waals surface area contributed by atoms with E-state index in [1.807, 2.05) is 0 Å². The topological polar surface area (TPSA) is 78.0 Å². The molecule has 13 heavy (non-hydrogen) atoms. The van der Waals surface area contributed by atoms with Crippen molar-refractivity contribution >= 4 is 23.9 Å². The number of nitrogen functional groups attached to an aromatic ring is 1. The minimum Gasteiger partial charge on any atom is -0.383 e. The molecule has 1 aromatic rings. The molecule has 68 valence electrons. The molecule has 0 aliphatic carbocycles. The molecule has 0 fully saturated rings. The van der Waals surface area contributed by atoms with Crippen molar-refractivity contribution in [3.05, 3.63) is 16.0 Å². The van der Waals surface area contributed by atoms with Crippen LogP contribution >= 0.6 is 11.8 Å². The van der Waals surface area contributed by atoms with Gasteiger partial charge in [0.25, 0.3) is 0 Å². The molecule has 5 nitrogen and oxygen atoms in total. The molecule has 0 aromatic carbocycles. The highest BCUT2D eigenvalue weighted by atomic mass is 32.2. The summed E-state index contributed by atoms with van der Waals surface area (Å²) in [6.07, 6.45) is 0.645. The predicted octanol–water partition coefficient (Wildman–Crippen LogP) is -0.256. The molecule has 2 N–H and O–H groups in total. The van der Waals surface area contributed by atoms with Gasteiger partial charge in [-0.05, 0) is 0 Å². The summed E-state index contributed by atoms with van der Waals surface area (Å²) in [5.74, 6) is 0.821. The number of rotatable bonds is 1. The van der Waals surface area contributed by atoms with Crippen molar-refractivity contribution in [2.24, 2.45) is 0 Å². The average Bonchev–Trinajstić information content (AvgIpc) is 2.53. The Balaban J connectivity index is 2.79. The summed E-state index contributed by atoms with van der Waals surface area (Å²) in [7, 11) is 0. The summed E-state index contributed by atoms with van der Waals surface area (Å²) in [5.41, 5.74) is 5.40. The molecule has 6 heteroatoms. The summed E-state index contributed by atoms with van der Waals surface area (Å²) in [6, 6.07) is 0. The largest absolute Gasteiger partial charge is 0.383 e. The van der Waals surface area contributed by atoms with Crippen molar-refractivity contribution in [2.75, 3.05) is 11.5 Å². The molecular weight excluding hydrogens is 190 g/mol. The smallest absolute Gasteiger partial charge is 0.350 e. The van der Waals surface area contributed by atoms with E-state index in [1.54, 1.807) is 0 Å². The van der Waals surface area contributed by atoms with E-state index in [-0.39, 0.29) is 11.5 Å². The minimum atomic E-state index is -0.372. The number of carbonyl (C=O) groups is 1. The Bertz CT molecular complexity index is 426. The Morgan fingerprint density at radius 1 is 1.62 bits per heavy atom. The third kappa shape index (κ3) is 1.14. The molecule has 0 spiro atoms. The molecule has 1 aliphatic rings. The fraction of sp³-hybridized carbons (Fsp3) is 0.286. The van der Waals surface area contributed by atoms with Gasteiger partial charge >= 0.3 is 5.69 Å². The summed E-state index contributed by atoms with van der Waals surface area (Å²) in [5, 5.41) is 0.646. The average molecular weight is 197 g/mol. The summed E-state index contributed by atoms with van der Waals surface area (Å²) in [6.45, 7) is 0.604. The van der Waals surface area contributed by atoms with Crippen molar-refractivity contribution in [1.29, 1.82) is 0 Å². The molecule has 1 aliphatic heterocycles. The fourth-order valence-electron chi connectivity index (χ4n) is 1.26. The van der Waals surface area contributed by atoms with Crippen LogP contribution in [0.25, 0.3) is 0 Å². The first-order chi connectivity index (χ1) is 6.24. The van der Waals surface area contributed by atoms with Crippen LogP contribution in [0.5, 0.6) is 0 Å². The SMILES string of the molecule is Nc1nc(=O)n2c(c1C=O)SCC2. The second-order valence-electron chi connectivity index (χ2n) is 2.62. The van der Waals surface area contributed by atoms with E-state index in [9.17, 15) is 9.59 Å². The molecule has 0 saturated heterocycles. The molecule has 0 atom stereocenters. The molecule has 0 saturated carbocycles. The lowest BCUT2D eigenvalue weighted by Crippen LogP contribution is -2.24. The van der Waals surface area contributed by atoms with Crippen molar-refractivity contribution < 1.29 is 4.79 Å². The van der Waals surface area contributed by atoms with E-state index in [2.05, 4.69) is 4.98 Å². The van der Waals surface area contributed by atoms with Gasteiger partial charge in [-0.1, -0.05) is 0 Å². The lowest BCUT2D eigenvalue weighted by Gasteiger charge is -2.04. The number of carbonyl (C=O) groups excluding carboxylic acids is 1. The van der Waals surface area contributed by atoms with Crippen molar-refractivity contribution in [2.45, 2.75) is 11.6 Å². The zero-order valence-corrected chi connectivity index (χ0v) is 7.50. The van der Waals surface area contributed by atoms with Gasteiger partial charge in [-0.15, -0.1) is 11.8 Å². The molecule has 2 heterocycles. The molecular formula is C7H7N3O2S. The van der Waals surface area contributed by atoms with Crippen molar-refractivity contribution in [3.8, 4) is 0 Å². The van der Waals surface area contributed by atoms with Crippen LogP contribution in [0, 0.1) is 0 Å². The van der Waals surface area contributed by atoms with Crippen LogP contribution in [-0.2, 0) is 6.54 Å². The van der Waals surface area contributed by atoms with Crippen molar-refractivity contribution in [3.63, 3.8) is 0 Å². The third-order valence-electron chi connectivity index (χ3n) is 1.87. The maximum Gasteiger partial charge on any atom is 0.350 e. The zero-order valence-electron chi connectivity index (χ0n) is 6.69. The summed E-state index contributed by atoms with van der Waals surface area (Å²) in [4.78, 5) is 25.4. The number of anilines is 1. The number of hydrogen-bond acceptors (Lipinski definition) is 5. The molecule has 1 aromatic heterocycles. The van der Waals surface area contributed by atoms with Crippen molar-refractivity contribution in [1.82, 2.24) is 9.55 Å². The van der Waals surface area contributed by atoms with E-state index in [1.165, 1.54) is 16.3 Å². The predicted molar refractivity (Wildman–Crippen MR) is 49.0 cm³/mol. The van der Waals surface area contributed by atoms with E-state index in [0.29, 0.717) is 23.4 Å². The number of nitrogens with zero attached hydrogens (tertiary/aromatic N) is 2. The van der Waals surface area contributed by atoms with Crippen LogP contribution < -0.4 is 11.4 Å². The van der Waals surface area contributed by atoms with Gasteiger partial charge in [0.2, 0.25) is 0 Å². The monoisotopic (exact) mass is 197 g/mol. The number of aldehydes is 1. The number of fused-ring (bicyclic) bond motifs is 1. The standard InChI is InChI=1S/C7H7N3O2S/c8-5-4(3-11)6-10(1-2-13-6)7(12)9-5/h3H,1-2H2,(H2,8,9,12). The van der Waals surface area contributed by atoms with Gasteiger partial charge in [0.1, 0.15) is 5.82 Å². The Morgan fingerprint density at radius 3 is 3.08 bits per heavy atom. The molecule has 0 radical (unpaired) electrons. The number of aromatic nitrogens is 2. The Labute approximate surface area is 78.0 Å². The van der Waals surface area contributed by atoms with Crippen LogP contribution in [0.3, 0.4) is 0 Å². The third-order valence-corrected chi connectivity index (χ3v) is 2.97. The first kappa shape index (κ1) is 8.31. The number of hydrogen-bond donors (Lipinski definition) is 1. The Hall–Kier alpha value is -1.30. The first-order valence-corrected chi connectivity index (χ1v) is 4.71. The van der Waals surface area contributed by atoms with Gasteiger partial charge in [0, 0.05) is 12.3 Å². The van der Waals surface area contributed by atoms with Gasteiger partial charge in [-0.3, -0.25) is 9.36 Å². The summed E-state index contributed by atoms with van der Waals surface area (Å²) >= 11 is 1.46. The van der Waals surface area contributed by atoms with E-state index in [0.717, 1.165) is 5.75 Å². The Morgan fingerprint density at radius 2 is 2.38 bits per heavy atom. The normalized spacial score (nSPS) is 14.2. The number of nitrogens with two attached hydrogens (primary N) is 1. The van der Waals surface area contributed by atoms with Crippen LogP contribution in [0.4, 0.5) is 5.82 Å². The minimum absolute atomic E-state index is 0.0284.